The SMILES string of the molecule is Cc1nc(NC(=O)CN2CCC3(CCC2=O)NC(=O)c2ccccc2N3)sc1C. The minimum atomic E-state index is -0.685. The van der Waals surface area contributed by atoms with Crippen LogP contribution in [-0.4, -0.2) is 46.4 Å². The van der Waals surface area contributed by atoms with Crippen LogP contribution in [-0.2, 0) is 9.59 Å². The Hall–Kier alpha value is -2.94. The van der Waals surface area contributed by atoms with E-state index in [2.05, 4.69) is 20.9 Å². The van der Waals surface area contributed by atoms with Crippen LogP contribution in [0.2, 0.25) is 0 Å². The summed E-state index contributed by atoms with van der Waals surface area (Å²) in [6.07, 6.45) is 1.23. The van der Waals surface area contributed by atoms with Crippen LogP contribution in [0.3, 0.4) is 0 Å². The molecule has 1 aromatic heterocycles. The normalized spacial score (nSPS) is 21.2. The van der Waals surface area contributed by atoms with Gasteiger partial charge in [0.05, 0.1) is 17.8 Å². The van der Waals surface area contributed by atoms with Crippen LogP contribution in [0.25, 0.3) is 0 Å². The third kappa shape index (κ3) is 3.95. The number of aryl methyl sites for hydroxylation is 2. The van der Waals surface area contributed by atoms with Crippen molar-refractivity contribution in [3.05, 3.63) is 40.4 Å². The van der Waals surface area contributed by atoms with Gasteiger partial charge in [0, 0.05) is 30.0 Å². The molecule has 1 saturated heterocycles. The van der Waals surface area contributed by atoms with Gasteiger partial charge < -0.3 is 20.9 Å². The van der Waals surface area contributed by atoms with Crippen molar-refractivity contribution in [1.82, 2.24) is 15.2 Å². The Bertz CT molecular complexity index is 969. The third-order valence-corrected chi connectivity index (χ3v) is 6.42. The van der Waals surface area contributed by atoms with Gasteiger partial charge in [-0.15, -0.1) is 11.3 Å². The molecule has 152 valence electrons. The molecule has 3 amide bonds. The van der Waals surface area contributed by atoms with Gasteiger partial charge in [-0.25, -0.2) is 4.98 Å². The lowest BCUT2D eigenvalue weighted by atomic mass is 9.95. The van der Waals surface area contributed by atoms with Gasteiger partial charge in [-0.2, -0.15) is 0 Å². The summed E-state index contributed by atoms with van der Waals surface area (Å²) in [7, 11) is 0. The number of hydrogen-bond acceptors (Lipinski definition) is 6. The van der Waals surface area contributed by atoms with Gasteiger partial charge in [-0.1, -0.05) is 12.1 Å². The van der Waals surface area contributed by atoms with E-state index in [0.717, 1.165) is 16.3 Å². The first-order valence-electron chi connectivity index (χ1n) is 9.57. The molecule has 1 fully saturated rings. The maximum Gasteiger partial charge on any atom is 0.255 e. The maximum absolute atomic E-state index is 12.6. The van der Waals surface area contributed by atoms with E-state index < -0.39 is 5.66 Å². The van der Waals surface area contributed by atoms with Gasteiger partial charge in [0.25, 0.3) is 5.91 Å². The number of rotatable bonds is 3. The van der Waals surface area contributed by atoms with Crippen LogP contribution in [0.4, 0.5) is 10.8 Å². The fourth-order valence-corrected chi connectivity index (χ4v) is 4.52. The molecule has 1 atom stereocenters. The number of benzene rings is 1. The van der Waals surface area contributed by atoms with Gasteiger partial charge in [0.2, 0.25) is 11.8 Å². The number of carbonyl (C=O) groups is 3. The van der Waals surface area contributed by atoms with E-state index in [0.29, 0.717) is 30.1 Å². The summed E-state index contributed by atoms with van der Waals surface area (Å²) >= 11 is 1.42. The lowest BCUT2D eigenvalue weighted by Gasteiger charge is -2.39. The number of anilines is 2. The summed E-state index contributed by atoms with van der Waals surface area (Å²) in [5, 5.41) is 9.75. The molecule has 0 aliphatic carbocycles. The molecule has 9 heteroatoms. The number of nitrogens with zero attached hydrogens (tertiary/aromatic N) is 2. The van der Waals surface area contributed by atoms with Crippen LogP contribution in [0.15, 0.2) is 24.3 Å². The number of likely N-dealkylation sites (tertiary alicyclic amines) is 1. The topological polar surface area (TPSA) is 103 Å². The fraction of sp³-hybridized carbons (Fsp3) is 0.400. The van der Waals surface area contributed by atoms with E-state index >= 15 is 0 Å². The van der Waals surface area contributed by atoms with Gasteiger partial charge >= 0.3 is 0 Å². The number of fused-ring (bicyclic) bond motifs is 1. The van der Waals surface area contributed by atoms with Gasteiger partial charge in [0.1, 0.15) is 5.66 Å². The number of nitrogens with one attached hydrogen (secondary N) is 3. The maximum atomic E-state index is 12.6. The quantitative estimate of drug-likeness (QED) is 0.716. The van der Waals surface area contributed by atoms with Crippen LogP contribution in [0.5, 0.6) is 0 Å². The highest BCUT2D eigenvalue weighted by atomic mass is 32.1. The van der Waals surface area contributed by atoms with E-state index in [4.69, 9.17) is 0 Å². The Morgan fingerprint density at radius 1 is 1.24 bits per heavy atom. The fourth-order valence-electron chi connectivity index (χ4n) is 3.69. The standard InChI is InChI=1S/C20H23N5O3S/c1-12-13(2)29-19(21-12)22-16(26)11-25-10-9-20(8-7-17(25)27)23-15-6-4-3-5-14(15)18(28)24-20/h3-6,23H,7-11H2,1-2H3,(H,24,28)(H,21,22,26). The van der Waals surface area contributed by atoms with Crippen LogP contribution < -0.4 is 16.0 Å². The van der Waals surface area contributed by atoms with E-state index in [1.54, 1.807) is 11.0 Å². The second-order valence-electron chi connectivity index (χ2n) is 7.48. The molecule has 3 N–H and O–H groups in total. The van der Waals surface area contributed by atoms with E-state index in [-0.39, 0.29) is 30.7 Å². The Kier molecular flexibility index (Phi) is 4.99. The van der Waals surface area contributed by atoms with Crippen molar-refractivity contribution < 1.29 is 14.4 Å². The molecule has 2 aliphatic rings. The average molecular weight is 414 g/mol. The molecular formula is C20H23N5O3S. The first-order valence-corrected chi connectivity index (χ1v) is 10.4. The highest BCUT2D eigenvalue weighted by molar-refractivity contribution is 7.15. The predicted molar refractivity (Wildman–Crippen MR) is 111 cm³/mol. The van der Waals surface area contributed by atoms with Crippen molar-refractivity contribution >= 4 is 39.9 Å². The van der Waals surface area contributed by atoms with Crippen LogP contribution >= 0.6 is 11.3 Å². The molecule has 2 aromatic rings. The summed E-state index contributed by atoms with van der Waals surface area (Å²) in [5.74, 6) is -0.514. The van der Waals surface area contributed by atoms with Crippen molar-refractivity contribution in [3.8, 4) is 0 Å². The molecule has 0 radical (unpaired) electrons. The van der Waals surface area contributed by atoms with Crippen molar-refractivity contribution in [2.75, 3.05) is 23.7 Å². The van der Waals surface area contributed by atoms with Crippen molar-refractivity contribution in [1.29, 1.82) is 0 Å². The molecule has 1 aromatic carbocycles. The van der Waals surface area contributed by atoms with Crippen molar-refractivity contribution in [3.63, 3.8) is 0 Å². The number of carbonyl (C=O) groups excluding carboxylic acids is 3. The minimum Gasteiger partial charge on any atom is -0.362 e. The Morgan fingerprint density at radius 2 is 2.03 bits per heavy atom. The first kappa shape index (κ1) is 19.4. The van der Waals surface area contributed by atoms with Crippen LogP contribution in [0, 0.1) is 13.8 Å². The van der Waals surface area contributed by atoms with E-state index in [1.165, 1.54) is 11.3 Å². The van der Waals surface area contributed by atoms with Gasteiger partial charge in [-0.05, 0) is 32.4 Å². The summed E-state index contributed by atoms with van der Waals surface area (Å²) in [6, 6.07) is 7.33. The number of thiazole rings is 1. The summed E-state index contributed by atoms with van der Waals surface area (Å²) in [6.45, 7) is 4.18. The zero-order chi connectivity index (χ0) is 20.6. The second-order valence-corrected chi connectivity index (χ2v) is 8.68. The van der Waals surface area contributed by atoms with Crippen molar-refractivity contribution in [2.45, 2.75) is 38.8 Å². The van der Waals surface area contributed by atoms with E-state index in [9.17, 15) is 14.4 Å². The predicted octanol–water partition coefficient (Wildman–Crippen LogP) is 2.26. The van der Waals surface area contributed by atoms with Crippen molar-refractivity contribution in [2.24, 2.45) is 0 Å². The Labute approximate surface area is 172 Å². The summed E-state index contributed by atoms with van der Waals surface area (Å²) in [5.41, 5.74) is 1.57. The number of hydrogen-bond donors (Lipinski definition) is 3. The molecule has 0 bridgehead atoms. The van der Waals surface area contributed by atoms with Gasteiger partial charge in [0.15, 0.2) is 5.13 Å². The lowest BCUT2D eigenvalue weighted by molar-refractivity contribution is -0.134. The molecule has 0 saturated carbocycles. The third-order valence-electron chi connectivity index (χ3n) is 5.43. The number of amides is 3. The molecule has 3 heterocycles. The lowest BCUT2D eigenvalue weighted by Crippen LogP contribution is -2.58. The largest absolute Gasteiger partial charge is 0.362 e. The molecule has 4 rings (SSSR count). The number of aromatic nitrogens is 1. The van der Waals surface area contributed by atoms with Gasteiger partial charge in [-0.3, -0.25) is 14.4 Å². The molecular weight excluding hydrogens is 390 g/mol. The Balaban J connectivity index is 1.43. The summed E-state index contributed by atoms with van der Waals surface area (Å²) < 4.78 is 0. The van der Waals surface area contributed by atoms with E-state index in [1.807, 2.05) is 32.0 Å². The molecule has 1 spiro atoms. The molecule has 2 aliphatic heterocycles. The van der Waals surface area contributed by atoms with Crippen LogP contribution in [0.1, 0.15) is 40.2 Å². The average Bonchev–Trinajstić information content (AvgIpc) is 2.92. The molecule has 1 unspecified atom stereocenters. The Morgan fingerprint density at radius 3 is 2.79 bits per heavy atom. The minimum absolute atomic E-state index is 0.0306. The molecule has 8 nitrogen and oxygen atoms in total. The summed E-state index contributed by atoms with van der Waals surface area (Å²) in [4.78, 5) is 44.5. The smallest absolute Gasteiger partial charge is 0.255 e. The zero-order valence-corrected chi connectivity index (χ0v) is 17.2. The number of para-hydroxylation sites is 1. The zero-order valence-electron chi connectivity index (χ0n) is 16.4. The highest BCUT2D eigenvalue weighted by Gasteiger charge is 2.40. The highest BCUT2D eigenvalue weighted by Crippen LogP contribution is 2.31. The monoisotopic (exact) mass is 413 g/mol. The molecule has 29 heavy (non-hydrogen) atoms. The second kappa shape index (κ2) is 7.47. The first-order chi connectivity index (χ1) is 13.8.